The molecule has 0 heterocycles. The van der Waals surface area contributed by atoms with Gasteiger partial charge in [-0.15, -0.1) is 0 Å². The van der Waals surface area contributed by atoms with E-state index in [0.717, 1.165) is 12.0 Å². The number of hydrogen-bond donors (Lipinski definition) is 1. The van der Waals surface area contributed by atoms with Gasteiger partial charge in [-0.2, -0.15) is 0 Å². The van der Waals surface area contributed by atoms with E-state index < -0.39 is 6.10 Å². The quantitative estimate of drug-likeness (QED) is 0.668. The van der Waals surface area contributed by atoms with E-state index in [4.69, 9.17) is 25.8 Å². The molecule has 0 aliphatic carbocycles. The molecule has 1 N–H and O–H groups in total. The summed E-state index contributed by atoms with van der Waals surface area (Å²) in [6, 6.07) is 12.5. The van der Waals surface area contributed by atoms with Crippen LogP contribution in [0.25, 0.3) is 0 Å². The largest absolute Gasteiger partial charge is 0.493 e. The lowest BCUT2D eigenvalue weighted by Crippen LogP contribution is -2.39. The second kappa shape index (κ2) is 10.1. The topological polar surface area (TPSA) is 56.8 Å². The van der Waals surface area contributed by atoms with Gasteiger partial charge in [0.15, 0.2) is 17.6 Å². The van der Waals surface area contributed by atoms with E-state index in [-0.39, 0.29) is 11.9 Å². The lowest BCUT2D eigenvalue weighted by Gasteiger charge is -2.23. The molecule has 2 rings (SSSR count). The Bertz CT molecular complexity index is 766. The summed E-state index contributed by atoms with van der Waals surface area (Å²) in [5, 5.41) is 3.63. The normalized spacial score (nSPS) is 12.8. The number of hydrogen-bond acceptors (Lipinski definition) is 4. The standard InChI is InChI=1S/C21H26ClNO4/c1-5-17(14-10-11-19(25-3)20(12-14)26-4)23-21(24)18(6-2)27-16-9-7-8-15(22)13-16/h7-13,17-18H,5-6H2,1-4H3,(H,23,24)/t17-,18-/m0/s1. The predicted molar refractivity (Wildman–Crippen MR) is 107 cm³/mol. The molecule has 0 spiro atoms. The van der Waals surface area contributed by atoms with Crippen molar-refractivity contribution in [3.63, 3.8) is 0 Å². The number of carbonyl (C=O) groups is 1. The van der Waals surface area contributed by atoms with Crippen molar-refractivity contribution in [2.45, 2.75) is 38.8 Å². The van der Waals surface area contributed by atoms with Crippen LogP contribution in [0.1, 0.15) is 38.3 Å². The summed E-state index contributed by atoms with van der Waals surface area (Å²) < 4.78 is 16.5. The maximum Gasteiger partial charge on any atom is 0.261 e. The molecule has 2 aromatic rings. The molecule has 0 fully saturated rings. The van der Waals surface area contributed by atoms with Crippen molar-refractivity contribution >= 4 is 17.5 Å². The molecular weight excluding hydrogens is 366 g/mol. The Morgan fingerprint density at radius 3 is 2.37 bits per heavy atom. The molecule has 0 unspecified atom stereocenters. The van der Waals surface area contributed by atoms with Gasteiger partial charge in [-0.25, -0.2) is 0 Å². The molecule has 2 atom stereocenters. The average Bonchev–Trinajstić information content (AvgIpc) is 2.69. The molecule has 27 heavy (non-hydrogen) atoms. The first-order valence-electron chi connectivity index (χ1n) is 8.96. The van der Waals surface area contributed by atoms with Gasteiger partial charge in [0.1, 0.15) is 5.75 Å². The van der Waals surface area contributed by atoms with E-state index in [0.29, 0.717) is 28.7 Å². The molecule has 5 nitrogen and oxygen atoms in total. The smallest absolute Gasteiger partial charge is 0.261 e. The van der Waals surface area contributed by atoms with E-state index in [9.17, 15) is 4.79 Å². The van der Waals surface area contributed by atoms with E-state index in [1.807, 2.05) is 32.0 Å². The SMILES string of the molecule is CC[C@H](Oc1cccc(Cl)c1)C(=O)N[C@@H](CC)c1ccc(OC)c(OC)c1. The Morgan fingerprint density at radius 2 is 1.78 bits per heavy atom. The summed E-state index contributed by atoms with van der Waals surface area (Å²) in [7, 11) is 3.18. The molecule has 0 aliphatic heterocycles. The third-order valence-corrected chi connectivity index (χ3v) is 4.51. The molecule has 0 aromatic heterocycles. The highest BCUT2D eigenvalue weighted by atomic mass is 35.5. The van der Waals surface area contributed by atoms with Crippen LogP contribution in [0.3, 0.4) is 0 Å². The molecule has 0 radical (unpaired) electrons. The van der Waals surface area contributed by atoms with Crippen LogP contribution in [0.5, 0.6) is 17.2 Å². The zero-order valence-electron chi connectivity index (χ0n) is 16.1. The lowest BCUT2D eigenvalue weighted by atomic mass is 10.0. The van der Waals surface area contributed by atoms with Crippen molar-refractivity contribution in [2.24, 2.45) is 0 Å². The molecule has 0 saturated carbocycles. The van der Waals surface area contributed by atoms with Crippen molar-refractivity contribution in [3.8, 4) is 17.2 Å². The molecule has 0 bridgehead atoms. The first-order chi connectivity index (χ1) is 13.0. The summed E-state index contributed by atoms with van der Waals surface area (Å²) in [4.78, 5) is 12.8. The second-order valence-corrected chi connectivity index (χ2v) is 6.49. The van der Waals surface area contributed by atoms with Gasteiger partial charge in [0.25, 0.3) is 5.91 Å². The molecule has 146 valence electrons. The van der Waals surface area contributed by atoms with Crippen molar-refractivity contribution < 1.29 is 19.0 Å². The van der Waals surface area contributed by atoms with E-state index >= 15 is 0 Å². The molecule has 0 aliphatic rings. The van der Waals surface area contributed by atoms with Gasteiger partial charge in [-0.3, -0.25) is 4.79 Å². The minimum atomic E-state index is -0.599. The van der Waals surface area contributed by atoms with Crippen LogP contribution < -0.4 is 19.5 Å². The third-order valence-electron chi connectivity index (χ3n) is 4.27. The molecule has 1 amide bonds. The number of rotatable bonds is 9. The van der Waals surface area contributed by atoms with Gasteiger partial charge in [0.05, 0.1) is 20.3 Å². The Hall–Kier alpha value is -2.40. The van der Waals surface area contributed by atoms with Crippen molar-refractivity contribution in [1.82, 2.24) is 5.32 Å². The minimum Gasteiger partial charge on any atom is -0.493 e. The van der Waals surface area contributed by atoms with Gasteiger partial charge in [0.2, 0.25) is 0 Å². The zero-order valence-corrected chi connectivity index (χ0v) is 16.9. The number of benzene rings is 2. The number of amides is 1. The van der Waals surface area contributed by atoms with Crippen LogP contribution in [0.15, 0.2) is 42.5 Å². The Balaban J connectivity index is 2.12. The molecular formula is C21H26ClNO4. The van der Waals surface area contributed by atoms with Crippen LogP contribution in [0.4, 0.5) is 0 Å². The lowest BCUT2D eigenvalue weighted by molar-refractivity contribution is -0.128. The highest BCUT2D eigenvalue weighted by Crippen LogP contribution is 2.31. The summed E-state index contributed by atoms with van der Waals surface area (Å²) >= 11 is 5.99. The van der Waals surface area contributed by atoms with Crippen molar-refractivity contribution in [1.29, 1.82) is 0 Å². The Kier molecular flexibility index (Phi) is 7.80. The summed E-state index contributed by atoms with van der Waals surface area (Å²) in [6.45, 7) is 3.92. The van der Waals surface area contributed by atoms with Gasteiger partial charge in [-0.1, -0.05) is 37.6 Å². The summed E-state index contributed by atoms with van der Waals surface area (Å²) in [5.74, 6) is 1.69. The summed E-state index contributed by atoms with van der Waals surface area (Å²) in [5.41, 5.74) is 0.945. The van der Waals surface area contributed by atoms with Gasteiger partial charge in [0, 0.05) is 5.02 Å². The zero-order chi connectivity index (χ0) is 19.8. The second-order valence-electron chi connectivity index (χ2n) is 6.06. The number of nitrogens with one attached hydrogen (secondary N) is 1. The van der Waals surface area contributed by atoms with Crippen LogP contribution in [0, 0.1) is 0 Å². The van der Waals surface area contributed by atoms with Crippen molar-refractivity contribution in [3.05, 3.63) is 53.1 Å². The fourth-order valence-corrected chi connectivity index (χ4v) is 2.96. The average molecular weight is 392 g/mol. The highest BCUT2D eigenvalue weighted by Gasteiger charge is 2.22. The Morgan fingerprint density at radius 1 is 1.04 bits per heavy atom. The summed E-state index contributed by atoms with van der Waals surface area (Å²) in [6.07, 6.45) is 0.674. The molecule has 6 heteroatoms. The van der Waals surface area contributed by atoms with Gasteiger partial charge in [-0.05, 0) is 48.7 Å². The number of carbonyl (C=O) groups excluding carboxylic acids is 1. The Labute approximate surface area is 165 Å². The van der Waals surface area contributed by atoms with Gasteiger partial charge < -0.3 is 19.5 Å². The molecule has 0 saturated heterocycles. The highest BCUT2D eigenvalue weighted by molar-refractivity contribution is 6.30. The maximum absolute atomic E-state index is 12.8. The van der Waals surface area contributed by atoms with Crippen LogP contribution >= 0.6 is 11.6 Å². The first-order valence-corrected chi connectivity index (χ1v) is 9.34. The minimum absolute atomic E-state index is 0.158. The van der Waals surface area contributed by atoms with Crippen LogP contribution in [-0.4, -0.2) is 26.2 Å². The van der Waals surface area contributed by atoms with Crippen LogP contribution in [0.2, 0.25) is 5.02 Å². The fraction of sp³-hybridized carbons (Fsp3) is 0.381. The predicted octanol–water partition coefficient (Wildman–Crippen LogP) is 4.78. The van der Waals surface area contributed by atoms with E-state index in [1.165, 1.54) is 0 Å². The van der Waals surface area contributed by atoms with E-state index in [1.54, 1.807) is 38.5 Å². The van der Waals surface area contributed by atoms with E-state index in [2.05, 4.69) is 5.32 Å². The first kappa shape index (κ1) is 20.9. The van der Waals surface area contributed by atoms with Gasteiger partial charge >= 0.3 is 0 Å². The number of halogens is 1. The maximum atomic E-state index is 12.8. The van der Waals surface area contributed by atoms with Crippen molar-refractivity contribution in [2.75, 3.05) is 14.2 Å². The number of methoxy groups -OCH3 is 2. The third kappa shape index (κ3) is 5.54. The van der Waals surface area contributed by atoms with Crippen LogP contribution in [-0.2, 0) is 4.79 Å². The fourth-order valence-electron chi connectivity index (χ4n) is 2.78. The monoisotopic (exact) mass is 391 g/mol. The molecule has 2 aromatic carbocycles. The number of ether oxygens (including phenoxy) is 3.